The average molecular weight is 758 g/mol. The summed E-state index contributed by atoms with van der Waals surface area (Å²) in [6, 6.07) is 14.7. The number of carbonyl (C=O) groups is 2. The number of hydrogen-bond acceptors (Lipinski definition) is 8. The van der Waals surface area contributed by atoms with Gasteiger partial charge in [0, 0.05) is 67.9 Å². The van der Waals surface area contributed by atoms with Crippen LogP contribution >= 0.6 is 0 Å². The van der Waals surface area contributed by atoms with Gasteiger partial charge in [-0.2, -0.15) is 13.2 Å². The molecule has 1 amide bonds. The summed E-state index contributed by atoms with van der Waals surface area (Å²) in [6.07, 6.45) is 4.16. The Hall–Kier alpha value is -5.60. The molecule has 1 aliphatic heterocycles. The van der Waals surface area contributed by atoms with E-state index in [4.69, 9.17) is 4.74 Å². The molecular weight excluding hydrogens is 718 g/mol. The van der Waals surface area contributed by atoms with Crippen LogP contribution in [0.3, 0.4) is 0 Å². The van der Waals surface area contributed by atoms with Gasteiger partial charge < -0.3 is 24.6 Å². The molecule has 8 rings (SSSR count). The zero-order valence-corrected chi connectivity index (χ0v) is 29.8. The highest BCUT2D eigenvalue weighted by Gasteiger charge is 2.41. The molecule has 55 heavy (non-hydrogen) atoms. The van der Waals surface area contributed by atoms with Crippen molar-refractivity contribution in [1.29, 1.82) is 0 Å². The lowest BCUT2D eigenvalue weighted by molar-refractivity contribution is -0.144. The molecule has 2 atom stereocenters. The van der Waals surface area contributed by atoms with Crippen molar-refractivity contribution in [2.24, 2.45) is 17.8 Å². The maximum atomic E-state index is 14.6. The van der Waals surface area contributed by atoms with Crippen molar-refractivity contribution in [2.45, 2.75) is 69.8 Å². The SMILES string of the molecule is O=C(NC1CC2CC(C1)CC(C(=O)O)C2)c1cnc(-c2cn(Cc3ccccc3)c3cc(OC4CCN(c5ncc(F)cn5)CC4)ccc23)nc1C(F)(F)F. The second-order valence-electron chi connectivity index (χ2n) is 14.9. The Morgan fingerprint density at radius 1 is 0.909 bits per heavy atom. The lowest BCUT2D eigenvalue weighted by atomic mass is 9.66. The third kappa shape index (κ3) is 7.96. The predicted octanol–water partition coefficient (Wildman–Crippen LogP) is 7.15. The van der Waals surface area contributed by atoms with E-state index in [2.05, 4.69) is 25.3 Å². The van der Waals surface area contributed by atoms with Crippen molar-refractivity contribution in [3.63, 3.8) is 0 Å². The molecular formula is C40H39F4N7O4. The number of alkyl halides is 3. The van der Waals surface area contributed by atoms with Crippen LogP contribution in [0, 0.1) is 23.6 Å². The van der Waals surface area contributed by atoms with Gasteiger partial charge in [0.15, 0.2) is 17.3 Å². The molecule has 286 valence electrons. The topological polar surface area (TPSA) is 135 Å². The van der Waals surface area contributed by atoms with Crippen LogP contribution < -0.4 is 15.0 Å². The van der Waals surface area contributed by atoms with Gasteiger partial charge >= 0.3 is 12.1 Å². The molecule has 2 saturated carbocycles. The van der Waals surface area contributed by atoms with Crippen LogP contribution in [0.25, 0.3) is 22.3 Å². The summed E-state index contributed by atoms with van der Waals surface area (Å²) >= 11 is 0. The molecule has 5 aromatic rings. The largest absolute Gasteiger partial charge is 0.490 e. The second kappa shape index (κ2) is 14.9. The monoisotopic (exact) mass is 757 g/mol. The van der Waals surface area contributed by atoms with Gasteiger partial charge in [0.2, 0.25) is 5.95 Å². The Kier molecular flexibility index (Phi) is 9.86. The van der Waals surface area contributed by atoms with Gasteiger partial charge in [-0.1, -0.05) is 30.3 Å². The van der Waals surface area contributed by atoms with Crippen molar-refractivity contribution in [3.05, 3.63) is 96.0 Å². The summed E-state index contributed by atoms with van der Waals surface area (Å²) in [4.78, 5) is 43.5. The van der Waals surface area contributed by atoms with Gasteiger partial charge in [-0.15, -0.1) is 0 Å². The van der Waals surface area contributed by atoms with Crippen molar-refractivity contribution < 1.29 is 37.0 Å². The van der Waals surface area contributed by atoms with Crippen molar-refractivity contribution in [1.82, 2.24) is 29.8 Å². The minimum atomic E-state index is -4.94. The quantitative estimate of drug-likeness (QED) is 0.150. The van der Waals surface area contributed by atoms with E-state index in [9.17, 15) is 32.3 Å². The number of piperidine rings is 1. The number of amides is 1. The first-order valence-corrected chi connectivity index (χ1v) is 18.5. The number of hydrogen-bond donors (Lipinski definition) is 2. The van der Waals surface area contributed by atoms with Gasteiger partial charge in [-0.25, -0.2) is 24.3 Å². The van der Waals surface area contributed by atoms with E-state index in [1.807, 2.05) is 45.9 Å². The van der Waals surface area contributed by atoms with Crippen LogP contribution in [0.4, 0.5) is 23.5 Å². The van der Waals surface area contributed by atoms with E-state index < -0.39 is 41.0 Å². The van der Waals surface area contributed by atoms with E-state index in [1.54, 1.807) is 18.3 Å². The number of halogens is 4. The molecule has 2 bridgehead atoms. The van der Waals surface area contributed by atoms with Gasteiger partial charge in [-0.05, 0) is 61.6 Å². The van der Waals surface area contributed by atoms with Crippen LogP contribution in [0.5, 0.6) is 5.75 Å². The molecule has 2 unspecified atom stereocenters. The molecule has 2 N–H and O–H groups in total. The maximum Gasteiger partial charge on any atom is 0.434 e. The summed E-state index contributed by atoms with van der Waals surface area (Å²) in [5, 5.41) is 12.9. The first kappa shape index (κ1) is 36.4. The number of carbonyl (C=O) groups excluding carboxylic acids is 1. The normalized spacial score (nSPS) is 21.7. The number of benzene rings is 2. The zero-order valence-electron chi connectivity index (χ0n) is 29.8. The Balaban J connectivity index is 1.05. The van der Waals surface area contributed by atoms with Crippen molar-refractivity contribution in [3.8, 4) is 17.1 Å². The Labute approximate surface area is 313 Å². The number of nitrogens with one attached hydrogen (secondary N) is 1. The number of anilines is 1. The second-order valence-corrected chi connectivity index (χ2v) is 14.9. The minimum Gasteiger partial charge on any atom is -0.490 e. The molecule has 4 heterocycles. The molecule has 3 fully saturated rings. The van der Waals surface area contributed by atoms with E-state index in [0.717, 1.165) is 30.6 Å². The fourth-order valence-corrected chi connectivity index (χ4v) is 8.60. The number of ether oxygens (including phenoxy) is 1. The molecule has 0 spiro atoms. The molecule has 2 aliphatic carbocycles. The van der Waals surface area contributed by atoms with Gasteiger partial charge in [0.25, 0.3) is 5.91 Å². The average Bonchev–Trinajstić information content (AvgIpc) is 3.52. The zero-order chi connectivity index (χ0) is 38.3. The summed E-state index contributed by atoms with van der Waals surface area (Å²) in [5.41, 5.74) is 0.0763. The number of carboxylic acid groups (broad SMARTS) is 1. The minimum absolute atomic E-state index is 0.0923. The number of aliphatic carboxylic acids is 1. The smallest absolute Gasteiger partial charge is 0.434 e. The summed E-state index contributed by atoms with van der Waals surface area (Å²) in [5.74, 6) is -1.58. The summed E-state index contributed by atoms with van der Waals surface area (Å²) < 4.78 is 65.5. The number of aromatic nitrogens is 5. The predicted molar refractivity (Wildman–Crippen MR) is 194 cm³/mol. The highest BCUT2D eigenvalue weighted by Crippen LogP contribution is 2.43. The molecule has 11 nitrogen and oxygen atoms in total. The third-order valence-electron chi connectivity index (χ3n) is 11.0. The van der Waals surface area contributed by atoms with Crippen LogP contribution in [-0.2, 0) is 17.5 Å². The van der Waals surface area contributed by atoms with Gasteiger partial charge in [0.05, 0.1) is 29.4 Å². The van der Waals surface area contributed by atoms with Crippen LogP contribution in [0.2, 0.25) is 0 Å². The third-order valence-corrected chi connectivity index (χ3v) is 11.0. The Bertz CT molecular complexity index is 2180. The Morgan fingerprint density at radius 3 is 2.29 bits per heavy atom. The first-order chi connectivity index (χ1) is 26.5. The first-order valence-electron chi connectivity index (χ1n) is 18.5. The molecule has 15 heteroatoms. The van der Waals surface area contributed by atoms with E-state index in [-0.39, 0.29) is 29.8 Å². The van der Waals surface area contributed by atoms with Crippen LogP contribution in [0.15, 0.2) is 73.3 Å². The lowest BCUT2D eigenvalue weighted by Gasteiger charge is -2.41. The Morgan fingerprint density at radius 2 is 1.62 bits per heavy atom. The number of nitrogens with zero attached hydrogens (tertiary/aromatic N) is 6. The maximum absolute atomic E-state index is 14.6. The fraction of sp³-hybridized carbons (Fsp3) is 0.400. The molecule has 3 aromatic heterocycles. The number of rotatable bonds is 9. The van der Waals surface area contributed by atoms with Gasteiger partial charge in [-0.3, -0.25) is 9.59 Å². The molecule has 1 saturated heterocycles. The van der Waals surface area contributed by atoms with Crippen LogP contribution in [0.1, 0.15) is 66.6 Å². The summed E-state index contributed by atoms with van der Waals surface area (Å²) in [6.45, 7) is 1.66. The lowest BCUT2D eigenvalue weighted by Crippen LogP contribution is -2.44. The van der Waals surface area contributed by atoms with E-state index >= 15 is 0 Å². The standard InChI is InChI=1S/C40H39F4N7O4/c41-27-18-46-39(47-19-27)50-10-8-29(9-11-50)55-30-6-7-31-33(22-51(34(31)17-30)21-23-4-2-1-3-5-23)36-45-20-32(35(49-36)40(42,43)44)37(52)48-28-15-24-12-25(16-28)14-26(13-24)38(53)54/h1-7,17-20,22,24-26,28-29H,8-16,21H2,(H,48,52)(H,53,54). The molecule has 2 aromatic carbocycles. The van der Waals surface area contributed by atoms with Crippen molar-refractivity contribution in [2.75, 3.05) is 18.0 Å². The number of carboxylic acids is 1. The van der Waals surface area contributed by atoms with Gasteiger partial charge in [0.1, 0.15) is 11.9 Å². The summed E-state index contributed by atoms with van der Waals surface area (Å²) in [7, 11) is 0. The number of fused-ring (bicyclic) bond motifs is 3. The van der Waals surface area contributed by atoms with E-state index in [0.29, 0.717) is 86.3 Å². The molecule has 3 aliphatic rings. The van der Waals surface area contributed by atoms with E-state index in [1.165, 1.54) is 0 Å². The highest BCUT2D eigenvalue weighted by atomic mass is 19.4. The van der Waals surface area contributed by atoms with Crippen LogP contribution in [-0.4, -0.2) is 66.7 Å². The highest BCUT2D eigenvalue weighted by molar-refractivity contribution is 5.97. The molecule has 0 radical (unpaired) electrons. The van der Waals surface area contributed by atoms with Crippen molar-refractivity contribution >= 4 is 28.7 Å². The fourth-order valence-electron chi connectivity index (χ4n) is 8.60.